The summed E-state index contributed by atoms with van der Waals surface area (Å²) >= 11 is 0. The van der Waals surface area contributed by atoms with Crippen molar-refractivity contribution in [1.29, 1.82) is 0 Å². The van der Waals surface area contributed by atoms with Crippen LogP contribution in [0.4, 0.5) is 0 Å². The Morgan fingerprint density at radius 1 is 1.23 bits per heavy atom. The molecule has 30 heavy (non-hydrogen) atoms. The van der Waals surface area contributed by atoms with Gasteiger partial charge in [0.15, 0.2) is 8.32 Å². The van der Waals surface area contributed by atoms with Gasteiger partial charge in [-0.3, -0.25) is 0 Å². The second-order valence-electron chi connectivity index (χ2n) is 11.5. The Kier molecular flexibility index (Phi) is 7.78. The van der Waals surface area contributed by atoms with E-state index >= 15 is 0 Å². The minimum Gasteiger partial charge on any atom is -0.492 e. The molecular formula is C26H47NO2Si. The van der Waals surface area contributed by atoms with Crippen LogP contribution in [0, 0.1) is 17.8 Å². The smallest absolute Gasteiger partial charge is 0.192 e. The molecule has 2 rings (SSSR count). The van der Waals surface area contributed by atoms with Gasteiger partial charge in [0.1, 0.15) is 12.4 Å². The lowest BCUT2D eigenvalue weighted by Crippen LogP contribution is -2.55. The lowest BCUT2D eigenvalue weighted by atomic mass is 9.61. The molecule has 2 aliphatic rings. The summed E-state index contributed by atoms with van der Waals surface area (Å²) in [6.45, 7) is 26.4. The van der Waals surface area contributed by atoms with E-state index in [2.05, 4.69) is 85.3 Å². The van der Waals surface area contributed by atoms with Crippen LogP contribution in [0.15, 0.2) is 35.8 Å². The number of hydrogen-bond donors (Lipinski definition) is 0. The molecule has 3 nitrogen and oxygen atoms in total. The molecule has 1 aliphatic carbocycles. The summed E-state index contributed by atoms with van der Waals surface area (Å²) in [5.74, 6) is 2.95. The van der Waals surface area contributed by atoms with E-state index in [1.54, 1.807) is 0 Å². The maximum absolute atomic E-state index is 6.27. The molecule has 0 radical (unpaired) electrons. The molecule has 0 aromatic rings. The third-order valence-electron chi connectivity index (χ3n) is 8.21. The molecule has 0 spiro atoms. The number of likely N-dealkylation sites (tertiary alicyclic amines) is 1. The lowest BCUT2D eigenvalue weighted by molar-refractivity contribution is 0.0279. The minimum atomic E-state index is -1.73. The number of ether oxygens (including phenoxy) is 1. The van der Waals surface area contributed by atoms with Gasteiger partial charge in [0.2, 0.25) is 0 Å². The van der Waals surface area contributed by atoms with E-state index in [0.29, 0.717) is 25.0 Å². The Morgan fingerprint density at radius 3 is 2.43 bits per heavy atom. The standard InChI is InChI=1S/C26H47NO2Si/c1-12-21(28-15-16-29-30(10,11)25(4,5)6)18-24-20(3)22-17-19(2)13-14-23(22)26(7,8)27(24)9/h12,18-19,22-23H,3,13-17H2,1-2,4-11H3/b21-12+,24-18+/t19-,22+,23-/m1/s1. The fraction of sp³-hybridized carbons (Fsp3) is 0.769. The highest BCUT2D eigenvalue weighted by Crippen LogP contribution is 2.51. The second kappa shape index (κ2) is 9.24. The van der Waals surface area contributed by atoms with Gasteiger partial charge in [-0.25, -0.2) is 0 Å². The van der Waals surface area contributed by atoms with Gasteiger partial charge in [0.25, 0.3) is 0 Å². The Labute approximate surface area is 187 Å². The molecule has 0 aromatic heterocycles. The van der Waals surface area contributed by atoms with Crippen molar-refractivity contribution in [1.82, 2.24) is 4.90 Å². The molecule has 0 unspecified atom stereocenters. The maximum atomic E-state index is 6.27. The van der Waals surface area contributed by atoms with Crippen LogP contribution in [0.3, 0.4) is 0 Å². The molecule has 172 valence electrons. The maximum Gasteiger partial charge on any atom is 0.192 e. The summed E-state index contributed by atoms with van der Waals surface area (Å²) in [4.78, 5) is 2.44. The number of allylic oxidation sites excluding steroid dienone is 3. The van der Waals surface area contributed by atoms with Crippen LogP contribution < -0.4 is 0 Å². The van der Waals surface area contributed by atoms with Crippen LogP contribution in [0.2, 0.25) is 18.1 Å². The van der Waals surface area contributed by atoms with Crippen LogP contribution in [0.5, 0.6) is 0 Å². The largest absolute Gasteiger partial charge is 0.492 e. The van der Waals surface area contributed by atoms with E-state index in [9.17, 15) is 0 Å². The monoisotopic (exact) mass is 433 g/mol. The molecule has 1 saturated carbocycles. The van der Waals surface area contributed by atoms with Gasteiger partial charge in [0, 0.05) is 24.4 Å². The third kappa shape index (κ3) is 5.24. The molecule has 4 heteroatoms. The highest BCUT2D eigenvalue weighted by Gasteiger charge is 2.47. The van der Waals surface area contributed by atoms with Crippen molar-refractivity contribution < 1.29 is 9.16 Å². The molecule has 2 fully saturated rings. The molecule has 0 N–H and O–H groups in total. The van der Waals surface area contributed by atoms with Crippen LogP contribution in [0.25, 0.3) is 0 Å². The zero-order valence-electron chi connectivity index (χ0n) is 21.4. The van der Waals surface area contributed by atoms with E-state index in [1.807, 2.05) is 6.92 Å². The van der Waals surface area contributed by atoms with Crippen molar-refractivity contribution in [3.8, 4) is 0 Å². The van der Waals surface area contributed by atoms with E-state index < -0.39 is 8.32 Å². The first-order valence-corrected chi connectivity index (χ1v) is 14.7. The Balaban J connectivity index is 2.10. The topological polar surface area (TPSA) is 21.7 Å². The first kappa shape index (κ1) is 25.3. The quantitative estimate of drug-likeness (QED) is 0.252. The molecule has 1 saturated heterocycles. The van der Waals surface area contributed by atoms with E-state index in [1.165, 1.54) is 30.5 Å². The van der Waals surface area contributed by atoms with Crippen molar-refractivity contribution in [2.24, 2.45) is 17.8 Å². The fourth-order valence-electron chi connectivity index (χ4n) is 4.78. The van der Waals surface area contributed by atoms with Crippen molar-refractivity contribution in [2.45, 2.75) is 91.4 Å². The van der Waals surface area contributed by atoms with Gasteiger partial charge in [-0.1, -0.05) is 40.7 Å². The number of fused-ring (bicyclic) bond motifs is 1. The summed E-state index contributed by atoms with van der Waals surface area (Å²) in [6, 6.07) is 0. The van der Waals surface area contributed by atoms with Gasteiger partial charge in [0.05, 0.1) is 6.61 Å². The Hall–Kier alpha value is -1.00. The zero-order chi connectivity index (χ0) is 22.9. The predicted octanol–water partition coefficient (Wildman–Crippen LogP) is 7.15. The van der Waals surface area contributed by atoms with E-state index in [4.69, 9.17) is 9.16 Å². The minimum absolute atomic E-state index is 0.127. The number of likely N-dealkylation sites (N-methyl/N-ethyl adjacent to an activating group) is 1. The normalized spacial score (nSPS) is 29.2. The molecule has 1 heterocycles. The van der Waals surface area contributed by atoms with Crippen molar-refractivity contribution in [3.63, 3.8) is 0 Å². The zero-order valence-corrected chi connectivity index (χ0v) is 22.4. The van der Waals surface area contributed by atoms with Crippen LogP contribution in [0.1, 0.15) is 67.7 Å². The Morgan fingerprint density at radius 2 is 1.87 bits per heavy atom. The van der Waals surface area contributed by atoms with Gasteiger partial charge < -0.3 is 14.1 Å². The van der Waals surface area contributed by atoms with Gasteiger partial charge >= 0.3 is 0 Å². The summed E-state index contributed by atoms with van der Waals surface area (Å²) < 4.78 is 12.4. The highest BCUT2D eigenvalue weighted by atomic mass is 28.4. The van der Waals surface area contributed by atoms with Gasteiger partial charge in [-0.15, -0.1) is 0 Å². The molecule has 1 aliphatic heterocycles. The van der Waals surface area contributed by atoms with Crippen molar-refractivity contribution in [3.05, 3.63) is 35.8 Å². The average Bonchev–Trinajstić information content (AvgIpc) is 2.64. The molecule has 0 bridgehead atoms. The van der Waals surface area contributed by atoms with Crippen molar-refractivity contribution >= 4 is 8.32 Å². The second-order valence-corrected chi connectivity index (χ2v) is 16.4. The summed E-state index contributed by atoms with van der Waals surface area (Å²) in [5.41, 5.74) is 2.64. The van der Waals surface area contributed by atoms with Gasteiger partial charge in [-0.2, -0.15) is 0 Å². The number of nitrogens with zero attached hydrogens (tertiary/aromatic N) is 1. The predicted molar refractivity (Wildman–Crippen MR) is 132 cm³/mol. The Bertz CT molecular complexity index is 684. The fourth-order valence-corrected chi connectivity index (χ4v) is 5.81. The highest BCUT2D eigenvalue weighted by molar-refractivity contribution is 6.74. The number of piperidine rings is 1. The van der Waals surface area contributed by atoms with Crippen molar-refractivity contribution in [2.75, 3.05) is 20.3 Å². The molecule has 0 amide bonds. The lowest BCUT2D eigenvalue weighted by Gasteiger charge is -2.56. The average molecular weight is 434 g/mol. The first-order valence-electron chi connectivity index (χ1n) is 11.8. The summed E-state index contributed by atoms with van der Waals surface area (Å²) in [5, 5.41) is 0.222. The number of hydrogen-bond acceptors (Lipinski definition) is 3. The molecule has 0 aromatic carbocycles. The molecular weight excluding hydrogens is 386 g/mol. The first-order chi connectivity index (χ1) is 13.7. The van der Waals surface area contributed by atoms with Crippen LogP contribution in [-0.4, -0.2) is 39.0 Å². The van der Waals surface area contributed by atoms with E-state index in [0.717, 1.165) is 11.7 Å². The number of rotatable bonds is 6. The molecule has 3 atom stereocenters. The van der Waals surface area contributed by atoms with Gasteiger partial charge in [-0.05, 0) is 81.1 Å². The van der Waals surface area contributed by atoms with Crippen LogP contribution in [-0.2, 0) is 9.16 Å². The van der Waals surface area contributed by atoms with Crippen LogP contribution >= 0.6 is 0 Å². The van der Waals surface area contributed by atoms with E-state index in [-0.39, 0.29) is 10.6 Å². The SMILES string of the molecule is C=C1/C(=C\C(=C/C)OCCO[Si](C)(C)C(C)(C)C)N(C)C(C)(C)[C@@H]2CC[C@@H](C)C[C@@H]12. The summed E-state index contributed by atoms with van der Waals surface area (Å²) in [6.07, 6.45) is 8.15. The summed E-state index contributed by atoms with van der Waals surface area (Å²) in [7, 11) is 0.487. The third-order valence-corrected chi connectivity index (χ3v) is 12.7.